The molecule has 1 rings (SSSR count). The van der Waals surface area contributed by atoms with Crippen LogP contribution in [0.5, 0.6) is 0 Å². The second-order valence-electron chi connectivity index (χ2n) is 5.48. The molecule has 3 N–H and O–H groups in total. The van der Waals surface area contributed by atoms with Crippen molar-refractivity contribution in [2.45, 2.75) is 46.1 Å². The Bertz CT molecular complexity index is 343. The molecule has 0 bridgehead atoms. The van der Waals surface area contributed by atoms with Gasteiger partial charge in [-0.15, -0.1) is 0 Å². The van der Waals surface area contributed by atoms with Gasteiger partial charge in [-0.25, -0.2) is 0 Å². The number of hydrogen-bond donors (Lipinski definition) is 2. The number of rotatable bonds is 6. The molecule has 18 heavy (non-hydrogen) atoms. The zero-order valence-corrected chi connectivity index (χ0v) is 12.5. The van der Waals surface area contributed by atoms with Crippen molar-refractivity contribution in [1.29, 1.82) is 0 Å². The van der Waals surface area contributed by atoms with Gasteiger partial charge in [-0.2, -0.15) is 17.4 Å². The summed E-state index contributed by atoms with van der Waals surface area (Å²) in [6, 6.07) is 0.00764. The average Bonchev–Trinajstić information content (AvgIpc) is 2.35. The maximum Gasteiger partial charge on any atom is 0.279 e. The van der Waals surface area contributed by atoms with Crippen molar-refractivity contribution in [2.75, 3.05) is 19.6 Å². The molecular weight excluding hydrogens is 250 g/mol. The topological polar surface area (TPSA) is 75.4 Å². The Balaban J connectivity index is 2.67. The van der Waals surface area contributed by atoms with E-state index >= 15 is 0 Å². The van der Waals surface area contributed by atoms with Crippen LogP contribution in [0.15, 0.2) is 0 Å². The van der Waals surface area contributed by atoms with E-state index in [1.54, 1.807) is 4.31 Å². The van der Waals surface area contributed by atoms with Gasteiger partial charge in [0.15, 0.2) is 0 Å². The zero-order valence-electron chi connectivity index (χ0n) is 11.7. The van der Waals surface area contributed by atoms with Crippen molar-refractivity contribution in [1.82, 2.24) is 9.03 Å². The maximum absolute atomic E-state index is 12.3. The highest BCUT2D eigenvalue weighted by atomic mass is 32.2. The summed E-state index contributed by atoms with van der Waals surface area (Å²) in [5, 5.41) is 0. The third-order valence-corrected chi connectivity index (χ3v) is 5.31. The van der Waals surface area contributed by atoms with Crippen LogP contribution in [-0.4, -0.2) is 38.4 Å². The Kier molecular flexibility index (Phi) is 6.04. The fourth-order valence-electron chi connectivity index (χ4n) is 2.39. The second-order valence-corrected chi connectivity index (χ2v) is 7.19. The van der Waals surface area contributed by atoms with Crippen LogP contribution in [0.3, 0.4) is 0 Å². The van der Waals surface area contributed by atoms with Gasteiger partial charge in [-0.3, -0.25) is 0 Å². The van der Waals surface area contributed by atoms with Gasteiger partial charge < -0.3 is 5.73 Å². The molecule has 5 nitrogen and oxygen atoms in total. The first-order valence-corrected chi connectivity index (χ1v) is 8.32. The normalized spacial score (nSPS) is 24.4. The molecule has 0 radical (unpaired) electrons. The van der Waals surface area contributed by atoms with Crippen LogP contribution >= 0.6 is 0 Å². The van der Waals surface area contributed by atoms with Gasteiger partial charge in [0.2, 0.25) is 0 Å². The van der Waals surface area contributed by atoms with Crippen molar-refractivity contribution in [3.05, 3.63) is 0 Å². The lowest BCUT2D eigenvalue weighted by molar-refractivity contribution is 0.265. The third-order valence-electron chi connectivity index (χ3n) is 3.70. The van der Waals surface area contributed by atoms with E-state index in [0.29, 0.717) is 31.5 Å². The fraction of sp³-hybridized carbons (Fsp3) is 1.00. The van der Waals surface area contributed by atoms with Gasteiger partial charge in [-0.1, -0.05) is 20.8 Å². The van der Waals surface area contributed by atoms with Crippen LogP contribution in [0, 0.1) is 11.8 Å². The number of nitrogens with zero attached hydrogens (tertiary/aromatic N) is 1. The SMILES string of the molecule is CCC(NS(=O)(=O)N1CCCC(CN)C1)C(C)C. The molecule has 0 aromatic carbocycles. The zero-order chi connectivity index (χ0) is 13.8. The summed E-state index contributed by atoms with van der Waals surface area (Å²) < 4.78 is 29.0. The molecule has 2 unspecified atom stereocenters. The van der Waals surface area contributed by atoms with E-state index < -0.39 is 10.2 Å². The van der Waals surface area contributed by atoms with E-state index in [9.17, 15) is 8.42 Å². The smallest absolute Gasteiger partial charge is 0.279 e. The van der Waals surface area contributed by atoms with Crippen molar-refractivity contribution in [3.8, 4) is 0 Å². The summed E-state index contributed by atoms with van der Waals surface area (Å²) in [5.74, 6) is 0.606. The summed E-state index contributed by atoms with van der Waals surface area (Å²) >= 11 is 0. The molecule has 6 heteroatoms. The molecule has 108 valence electrons. The van der Waals surface area contributed by atoms with Crippen LogP contribution in [0.1, 0.15) is 40.0 Å². The first-order chi connectivity index (χ1) is 8.40. The highest BCUT2D eigenvalue weighted by Gasteiger charge is 2.30. The quantitative estimate of drug-likeness (QED) is 0.758. The van der Waals surface area contributed by atoms with Gasteiger partial charge in [0.05, 0.1) is 0 Å². The Labute approximate surface area is 111 Å². The van der Waals surface area contributed by atoms with E-state index in [2.05, 4.69) is 4.72 Å². The van der Waals surface area contributed by atoms with E-state index in [1.165, 1.54) is 0 Å². The van der Waals surface area contributed by atoms with E-state index in [1.807, 2.05) is 20.8 Å². The van der Waals surface area contributed by atoms with E-state index in [-0.39, 0.29) is 6.04 Å². The third kappa shape index (κ3) is 4.19. The largest absolute Gasteiger partial charge is 0.330 e. The number of nitrogens with one attached hydrogen (secondary N) is 1. The lowest BCUT2D eigenvalue weighted by atomic mass is 10.0. The summed E-state index contributed by atoms with van der Waals surface area (Å²) in [7, 11) is -3.35. The molecule has 1 aliphatic heterocycles. The molecule has 1 saturated heterocycles. The molecule has 1 aliphatic rings. The lowest BCUT2D eigenvalue weighted by Crippen LogP contribution is -2.50. The molecule has 1 fully saturated rings. The molecular formula is C12H27N3O2S. The summed E-state index contributed by atoms with van der Waals surface area (Å²) in [4.78, 5) is 0. The molecule has 0 saturated carbocycles. The number of nitrogens with two attached hydrogens (primary N) is 1. The monoisotopic (exact) mass is 277 g/mol. The minimum Gasteiger partial charge on any atom is -0.330 e. The van der Waals surface area contributed by atoms with Crippen molar-refractivity contribution < 1.29 is 8.42 Å². The minimum atomic E-state index is -3.35. The fourth-order valence-corrected chi connectivity index (χ4v) is 4.14. The first-order valence-electron chi connectivity index (χ1n) is 6.88. The van der Waals surface area contributed by atoms with Crippen LogP contribution in [-0.2, 0) is 10.2 Å². The van der Waals surface area contributed by atoms with Crippen molar-refractivity contribution in [2.24, 2.45) is 17.6 Å². The summed E-state index contributed by atoms with van der Waals surface area (Å²) in [6.45, 7) is 7.81. The standard InChI is InChI=1S/C12H27N3O2S/c1-4-12(10(2)3)14-18(16,17)15-7-5-6-11(8-13)9-15/h10-12,14H,4-9,13H2,1-3H3. The van der Waals surface area contributed by atoms with Crippen LogP contribution in [0.25, 0.3) is 0 Å². The summed E-state index contributed by atoms with van der Waals surface area (Å²) in [5.41, 5.74) is 5.64. The highest BCUT2D eigenvalue weighted by molar-refractivity contribution is 7.87. The molecule has 0 aliphatic carbocycles. The van der Waals surface area contributed by atoms with Crippen molar-refractivity contribution in [3.63, 3.8) is 0 Å². The van der Waals surface area contributed by atoms with Gasteiger partial charge >= 0.3 is 0 Å². The predicted molar refractivity (Wildman–Crippen MR) is 74.3 cm³/mol. The highest BCUT2D eigenvalue weighted by Crippen LogP contribution is 2.18. The van der Waals surface area contributed by atoms with Crippen LogP contribution < -0.4 is 10.5 Å². The molecule has 0 aromatic heterocycles. The molecule has 0 spiro atoms. The average molecular weight is 277 g/mol. The number of hydrogen-bond acceptors (Lipinski definition) is 3. The molecule has 2 atom stereocenters. The Hall–Kier alpha value is -0.170. The Morgan fingerprint density at radius 2 is 2.11 bits per heavy atom. The van der Waals surface area contributed by atoms with Crippen molar-refractivity contribution >= 4 is 10.2 Å². The maximum atomic E-state index is 12.3. The molecule has 0 aromatic rings. The van der Waals surface area contributed by atoms with Gasteiger partial charge in [0.1, 0.15) is 0 Å². The Morgan fingerprint density at radius 3 is 2.61 bits per heavy atom. The number of piperidine rings is 1. The van der Waals surface area contributed by atoms with Crippen LogP contribution in [0.4, 0.5) is 0 Å². The predicted octanol–water partition coefficient (Wildman–Crippen LogP) is 0.926. The summed E-state index contributed by atoms with van der Waals surface area (Å²) in [6.07, 6.45) is 2.75. The first kappa shape index (κ1) is 15.9. The Morgan fingerprint density at radius 1 is 1.44 bits per heavy atom. The van der Waals surface area contributed by atoms with E-state index in [0.717, 1.165) is 19.3 Å². The van der Waals surface area contributed by atoms with Gasteiger partial charge in [0.25, 0.3) is 10.2 Å². The van der Waals surface area contributed by atoms with E-state index in [4.69, 9.17) is 5.73 Å². The van der Waals surface area contributed by atoms with Crippen LogP contribution in [0.2, 0.25) is 0 Å². The van der Waals surface area contributed by atoms with Gasteiger partial charge in [-0.05, 0) is 37.6 Å². The lowest BCUT2D eigenvalue weighted by Gasteiger charge is -2.33. The molecule has 0 amide bonds. The second kappa shape index (κ2) is 6.84. The van der Waals surface area contributed by atoms with Gasteiger partial charge in [0, 0.05) is 19.1 Å². The molecule has 1 heterocycles. The minimum absolute atomic E-state index is 0.00764.